The number of rotatable bonds is 7. The van der Waals surface area contributed by atoms with Crippen LogP contribution in [0.4, 0.5) is 5.69 Å². The molecule has 0 N–H and O–H groups in total. The van der Waals surface area contributed by atoms with Crippen LogP contribution in [-0.2, 0) is 20.7 Å². The first kappa shape index (κ1) is 19.1. The van der Waals surface area contributed by atoms with E-state index in [0.29, 0.717) is 19.2 Å². The lowest BCUT2D eigenvalue weighted by Gasteiger charge is -2.24. The summed E-state index contributed by atoms with van der Waals surface area (Å²) in [6.45, 7) is 5.30. The molecule has 1 aromatic heterocycles. The molecule has 1 saturated carbocycles. The lowest BCUT2D eigenvalue weighted by Crippen LogP contribution is -2.43. The van der Waals surface area contributed by atoms with Gasteiger partial charge in [-0.15, -0.1) is 11.3 Å². The molecule has 28 heavy (non-hydrogen) atoms. The van der Waals surface area contributed by atoms with Crippen LogP contribution in [0.5, 0.6) is 0 Å². The molecule has 0 saturated heterocycles. The van der Waals surface area contributed by atoms with E-state index in [4.69, 9.17) is 4.74 Å². The summed E-state index contributed by atoms with van der Waals surface area (Å²) >= 11 is 1.64. The van der Waals surface area contributed by atoms with Crippen LogP contribution in [0.2, 0.25) is 0 Å². The fourth-order valence-electron chi connectivity index (χ4n) is 3.70. The Morgan fingerprint density at radius 1 is 1.32 bits per heavy atom. The molecule has 4 rings (SSSR count). The SMILES string of the molecule is CCOC(=O)CN(CC(=O)N1CCc2cc(-c3csc(C)n3)ccc21)C1CC1. The molecule has 7 heteroatoms. The molecule has 0 atom stereocenters. The predicted molar refractivity (Wildman–Crippen MR) is 110 cm³/mol. The minimum absolute atomic E-state index is 0.0483. The number of aryl methyl sites for hydroxylation is 1. The van der Waals surface area contributed by atoms with Crippen molar-refractivity contribution in [3.05, 3.63) is 34.2 Å². The first-order chi connectivity index (χ1) is 13.5. The van der Waals surface area contributed by atoms with Gasteiger partial charge >= 0.3 is 5.97 Å². The van der Waals surface area contributed by atoms with Gasteiger partial charge in [0.25, 0.3) is 0 Å². The summed E-state index contributed by atoms with van der Waals surface area (Å²) in [4.78, 5) is 33.2. The predicted octanol–water partition coefficient (Wildman–Crippen LogP) is 3.04. The number of fused-ring (bicyclic) bond motifs is 1. The second kappa shape index (κ2) is 8.01. The summed E-state index contributed by atoms with van der Waals surface area (Å²) in [6, 6.07) is 6.53. The standard InChI is InChI=1S/C21H25N3O3S/c1-3-27-21(26)12-23(17-5-6-17)11-20(25)24-9-8-16-10-15(4-7-19(16)24)18-13-28-14(2)22-18/h4,7,10,13,17H,3,5-6,8-9,11-12H2,1-2H3. The van der Waals surface area contributed by atoms with Crippen molar-refractivity contribution in [1.82, 2.24) is 9.88 Å². The summed E-state index contributed by atoms with van der Waals surface area (Å²) in [5.74, 6) is -0.209. The number of carbonyl (C=O) groups is 2. The van der Waals surface area contributed by atoms with Gasteiger partial charge in [-0.1, -0.05) is 6.07 Å². The van der Waals surface area contributed by atoms with E-state index in [1.165, 1.54) is 5.56 Å². The molecule has 1 fully saturated rings. The highest BCUT2D eigenvalue weighted by Crippen LogP contribution is 2.33. The minimum Gasteiger partial charge on any atom is -0.465 e. The van der Waals surface area contributed by atoms with Crippen molar-refractivity contribution >= 4 is 28.9 Å². The summed E-state index contributed by atoms with van der Waals surface area (Å²) in [7, 11) is 0. The maximum absolute atomic E-state index is 13.0. The topological polar surface area (TPSA) is 62.7 Å². The monoisotopic (exact) mass is 399 g/mol. The number of thiazole rings is 1. The fourth-order valence-corrected chi connectivity index (χ4v) is 4.32. The van der Waals surface area contributed by atoms with Crippen molar-refractivity contribution in [2.75, 3.05) is 31.1 Å². The number of amides is 1. The number of anilines is 1. The van der Waals surface area contributed by atoms with Crippen LogP contribution >= 0.6 is 11.3 Å². The molecule has 1 aromatic carbocycles. The van der Waals surface area contributed by atoms with Gasteiger partial charge < -0.3 is 9.64 Å². The van der Waals surface area contributed by atoms with Crippen molar-refractivity contribution < 1.29 is 14.3 Å². The van der Waals surface area contributed by atoms with E-state index in [2.05, 4.69) is 16.4 Å². The van der Waals surface area contributed by atoms with Gasteiger partial charge in [0.15, 0.2) is 0 Å². The molecule has 1 amide bonds. The zero-order valence-electron chi connectivity index (χ0n) is 16.3. The largest absolute Gasteiger partial charge is 0.465 e. The summed E-state index contributed by atoms with van der Waals surface area (Å²) in [5, 5.41) is 3.12. The fraction of sp³-hybridized carbons (Fsp3) is 0.476. The van der Waals surface area contributed by atoms with Gasteiger partial charge in [-0.3, -0.25) is 14.5 Å². The summed E-state index contributed by atoms with van der Waals surface area (Å²) < 4.78 is 5.06. The van der Waals surface area contributed by atoms with Crippen molar-refractivity contribution in [1.29, 1.82) is 0 Å². The molecule has 1 aliphatic carbocycles. The second-order valence-corrected chi connectivity index (χ2v) is 8.39. The van der Waals surface area contributed by atoms with Gasteiger partial charge in [-0.25, -0.2) is 4.98 Å². The molecular weight excluding hydrogens is 374 g/mol. The number of benzene rings is 1. The van der Waals surface area contributed by atoms with Gasteiger partial charge in [-0.05, 0) is 50.8 Å². The quantitative estimate of drug-likeness (QED) is 0.670. The van der Waals surface area contributed by atoms with Crippen LogP contribution in [0.25, 0.3) is 11.3 Å². The van der Waals surface area contributed by atoms with Crippen LogP contribution in [0.3, 0.4) is 0 Å². The van der Waals surface area contributed by atoms with Gasteiger partial charge in [0.2, 0.25) is 5.91 Å². The Bertz CT molecular complexity index is 891. The third-order valence-electron chi connectivity index (χ3n) is 5.23. The smallest absolute Gasteiger partial charge is 0.320 e. The van der Waals surface area contributed by atoms with Gasteiger partial charge in [0.05, 0.1) is 30.4 Å². The highest BCUT2D eigenvalue weighted by atomic mass is 32.1. The zero-order valence-corrected chi connectivity index (χ0v) is 17.1. The molecule has 0 unspecified atom stereocenters. The van der Waals surface area contributed by atoms with Crippen LogP contribution in [0.1, 0.15) is 30.3 Å². The van der Waals surface area contributed by atoms with E-state index in [9.17, 15) is 9.59 Å². The first-order valence-corrected chi connectivity index (χ1v) is 10.7. The number of hydrogen-bond donors (Lipinski definition) is 0. The third kappa shape index (κ3) is 4.10. The van der Waals surface area contributed by atoms with Crippen molar-refractivity contribution in [3.63, 3.8) is 0 Å². The Balaban J connectivity index is 1.46. The lowest BCUT2D eigenvalue weighted by molar-refractivity contribution is -0.144. The van der Waals surface area contributed by atoms with E-state index >= 15 is 0 Å². The van der Waals surface area contributed by atoms with Gasteiger partial charge in [0.1, 0.15) is 0 Å². The molecule has 148 valence electrons. The van der Waals surface area contributed by atoms with E-state index < -0.39 is 0 Å². The van der Waals surface area contributed by atoms with Crippen LogP contribution in [0.15, 0.2) is 23.6 Å². The number of aromatic nitrogens is 1. The normalized spacial score (nSPS) is 15.8. The average molecular weight is 400 g/mol. The molecule has 6 nitrogen and oxygen atoms in total. The lowest BCUT2D eigenvalue weighted by atomic mass is 10.1. The summed E-state index contributed by atoms with van der Waals surface area (Å²) in [5.41, 5.74) is 4.25. The molecule has 0 spiro atoms. The number of nitrogens with zero attached hydrogens (tertiary/aromatic N) is 3. The molecule has 2 aliphatic rings. The molecule has 0 radical (unpaired) electrons. The highest BCUT2D eigenvalue weighted by Gasteiger charge is 2.34. The van der Waals surface area contributed by atoms with Crippen molar-refractivity contribution in [3.8, 4) is 11.3 Å². The average Bonchev–Trinajstić information content (AvgIpc) is 3.29. The molecular formula is C21H25N3O3S. The molecule has 1 aliphatic heterocycles. The number of esters is 1. The summed E-state index contributed by atoms with van der Waals surface area (Å²) in [6.07, 6.45) is 2.93. The van der Waals surface area contributed by atoms with Gasteiger partial charge in [0, 0.05) is 29.2 Å². The van der Waals surface area contributed by atoms with Crippen LogP contribution in [-0.4, -0.2) is 54.0 Å². The van der Waals surface area contributed by atoms with E-state index in [-0.39, 0.29) is 25.0 Å². The van der Waals surface area contributed by atoms with Gasteiger partial charge in [-0.2, -0.15) is 0 Å². The molecule has 2 aromatic rings. The Morgan fingerprint density at radius 2 is 2.14 bits per heavy atom. The minimum atomic E-state index is -0.257. The maximum atomic E-state index is 13.0. The Hall–Kier alpha value is -2.25. The van der Waals surface area contributed by atoms with Crippen molar-refractivity contribution in [2.24, 2.45) is 0 Å². The third-order valence-corrected chi connectivity index (χ3v) is 6.00. The Labute approximate surface area is 169 Å². The number of hydrogen-bond acceptors (Lipinski definition) is 6. The van der Waals surface area contributed by atoms with Crippen LogP contribution < -0.4 is 4.90 Å². The zero-order chi connectivity index (χ0) is 19.7. The van der Waals surface area contributed by atoms with E-state index in [0.717, 1.165) is 41.2 Å². The van der Waals surface area contributed by atoms with E-state index in [1.807, 2.05) is 28.9 Å². The second-order valence-electron chi connectivity index (χ2n) is 7.33. The highest BCUT2D eigenvalue weighted by molar-refractivity contribution is 7.09. The number of ether oxygens (including phenoxy) is 1. The molecule has 2 heterocycles. The first-order valence-electron chi connectivity index (χ1n) is 9.80. The number of carbonyl (C=O) groups excluding carboxylic acids is 2. The van der Waals surface area contributed by atoms with Crippen LogP contribution in [0, 0.1) is 6.92 Å². The van der Waals surface area contributed by atoms with E-state index in [1.54, 1.807) is 18.3 Å². The maximum Gasteiger partial charge on any atom is 0.320 e. The molecule has 0 bridgehead atoms. The Kier molecular flexibility index (Phi) is 5.46. The van der Waals surface area contributed by atoms with Crippen molar-refractivity contribution in [2.45, 2.75) is 39.2 Å². The Morgan fingerprint density at radius 3 is 2.82 bits per heavy atom.